The second-order valence-electron chi connectivity index (χ2n) is 19.4. The van der Waals surface area contributed by atoms with Gasteiger partial charge in [0.15, 0.2) is 29.1 Å². The molecular weight excluding hydrogens is 921 g/mol. The minimum atomic E-state index is -1.21. The molecule has 0 radical (unpaired) electrons. The van der Waals surface area contributed by atoms with E-state index in [1.165, 1.54) is 7.05 Å². The molecule has 19 N–H and O–H groups in total. The molecule has 71 heavy (non-hydrogen) atoms. The summed E-state index contributed by atoms with van der Waals surface area (Å²) in [6.07, 6.45) is 1.19. The van der Waals surface area contributed by atoms with Gasteiger partial charge in [0.2, 0.25) is 35.4 Å². The number of hydrogen-bond donors (Lipinski definition) is 12. The number of nitrogens with one attached hydrogen (secondary N) is 4. The molecule has 0 saturated carbocycles. The number of unbranched alkanes of at least 4 members (excludes halogenated alkanes) is 2. The number of primary amides is 3. The van der Waals surface area contributed by atoms with Gasteiger partial charge in [0.05, 0.1) is 36.7 Å². The lowest BCUT2D eigenvalue weighted by Crippen LogP contribution is -2.49. The molecule has 0 aromatic rings. The van der Waals surface area contributed by atoms with E-state index in [0.717, 1.165) is 0 Å². The van der Waals surface area contributed by atoms with E-state index in [2.05, 4.69) is 26.3 Å². The third-order valence-corrected chi connectivity index (χ3v) is 12.2. The van der Waals surface area contributed by atoms with Gasteiger partial charge in [-0.2, -0.15) is 0 Å². The van der Waals surface area contributed by atoms with Crippen molar-refractivity contribution < 1.29 is 53.1 Å². The van der Waals surface area contributed by atoms with E-state index in [9.17, 15) is 53.1 Å². The van der Waals surface area contributed by atoms with Gasteiger partial charge in [0, 0.05) is 62.8 Å². The summed E-state index contributed by atoms with van der Waals surface area (Å²) >= 11 is 0. The zero-order valence-corrected chi connectivity index (χ0v) is 42.8. The maximum atomic E-state index is 14.3. The molecule has 406 valence electrons. The van der Waals surface area contributed by atoms with Crippen LogP contribution >= 0.6 is 0 Å². The molecule has 23 heteroatoms. The van der Waals surface area contributed by atoms with E-state index >= 15 is 0 Å². The highest BCUT2D eigenvalue weighted by Gasteiger charge is 2.35. The Morgan fingerprint density at radius 2 is 0.887 bits per heavy atom. The highest BCUT2D eigenvalue weighted by atomic mass is 16.3. The molecule has 0 heterocycles. The average Bonchev–Trinajstić information content (AvgIpc) is 3.28. The maximum Gasteiger partial charge on any atom is 0.224 e. The van der Waals surface area contributed by atoms with E-state index in [4.69, 9.17) is 40.1 Å². The van der Waals surface area contributed by atoms with Crippen molar-refractivity contribution >= 4 is 64.5 Å². The predicted molar refractivity (Wildman–Crippen MR) is 269 cm³/mol. The number of carbonyl (C=O) groups excluding carboxylic acids is 10. The van der Waals surface area contributed by atoms with Gasteiger partial charge in [-0.1, -0.05) is 34.1 Å². The van der Waals surface area contributed by atoms with Gasteiger partial charge in [0.1, 0.15) is 0 Å². The Kier molecular flexibility index (Phi) is 33.7. The fourth-order valence-electron chi connectivity index (χ4n) is 8.14. The smallest absolute Gasteiger partial charge is 0.224 e. The first-order valence-electron chi connectivity index (χ1n) is 25.0. The van der Waals surface area contributed by atoms with E-state index < -0.39 is 119 Å². The number of carbonyl (C=O) groups is 10. The number of Topliss-reactive ketones (excluding diaryl/α,β-unsaturated/α-hetero) is 4. The summed E-state index contributed by atoms with van der Waals surface area (Å²) in [7, 11) is 1.51. The Balaban J connectivity index is 6.82. The van der Waals surface area contributed by atoms with Crippen molar-refractivity contribution in [3.8, 4) is 0 Å². The summed E-state index contributed by atoms with van der Waals surface area (Å²) < 4.78 is 0. The summed E-state index contributed by atoms with van der Waals surface area (Å²) in [6.45, 7) is 7.54. The Hall–Kier alpha value is -5.39. The van der Waals surface area contributed by atoms with Crippen LogP contribution in [0, 0.1) is 35.5 Å². The normalized spacial score (nSPS) is 14.7. The van der Waals surface area contributed by atoms with Crippen LogP contribution in [0.4, 0.5) is 0 Å². The zero-order valence-electron chi connectivity index (χ0n) is 42.8. The number of guanidine groups is 1. The first-order chi connectivity index (χ1) is 33.4. The molecule has 0 aliphatic rings. The average molecular weight is 1010 g/mol. The number of amides is 6. The highest BCUT2D eigenvalue weighted by molar-refractivity contribution is 5.97. The molecule has 0 aliphatic carbocycles. The van der Waals surface area contributed by atoms with Crippen LogP contribution in [0.3, 0.4) is 0 Å². The van der Waals surface area contributed by atoms with Crippen LogP contribution in [0.5, 0.6) is 0 Å². The first kappa shape index (κ1) is 65.6. The summed E-state index contributed by atoms with van der Waals surface area (Å²) in [6, 6.07) is -4.16. The summed E-state index contributed by atoms with van der Waals surface area (Å²) in [5, 5.41) is 20.8. The van der Waals surface area contributed by atoms with Gasteiger partial charge in [-0.25, -0.2) is 0 Å². The van der Waals surface area contributed by atoms with Crippen molar-refractivity contribution in [1.82, 2.24) is 21.3 Å². The lowest BCUT2D eigenvalue weighted by atomic mass is 9.86. The van der Waals surface area contributed by atoms with Gasteiger partial charge in [-0.3, -0.25) is 52.9 Å². The van der Waals surface area contributed by atoms with Gasteiger partial charge >= 0.3 is 0 Å². The SMILES string of the molecule is CN[C@@H](CCC(N)=O)C(=O)C[C@@H](CCC(N)=O)C(=O)N[C@@H](CCCN=C(N)N)C(=O)C[C@@H](CCCCN)C(=O)N[C@@H](CC(C)C)C(=O)C[C@@H](CC(C)C)C(=O)N[C@@H](CCCCN)C(=O)C[C@@H](CO)C(N)=O. The zero-order chi connectivity index (χ0) is 54.2. The molecule has 0 aliphatic heterocycles. The highest BCUT2D eigenvalue weighted by Crippen LogP contribution is 2.23. The van der Waals surface area contributed by atoms with Crippen molar-refractivity contribution in [3.05, 3.63) is 0 Å². The molecule has 0 spiro atoms. The van der Waals surface area contributed by atoms with Crippen LogP contribution in [0.15, 0.2) is 4.99 Å². The Bertz CT molecular complexity index is 1760. The van der Waals surface area contributed by atoms with Gasteiger partial charge in [0.25, 0.3) is 0 Å². The van der Waals surface area contributed by atoms with Gasteiger partial charge in [-0.15, -0.1) is 0 Å². The molecule has 0 fully saturated rings. The van der Waals surface area contributed by atoms with Crippen LogP contribution in [0.1, 0.15) is 143 Å². The molecule has 6 amide bonds. The van der Waals surface area contributed by atoms with E-state index in [0.29, 0.717) is 38.8 Å². The molecule has 8 atom stereocenters. The number of nitrogens with two attached hydrogens (primary N) is 7. The van der Waals surface area contributed by atoms with E-state index in [1.807, 2.05) is 27.7 Å². The third-order valence-electron chi connectivity index (χ3n) is 12.2. The van der Waals surface area contributed by atoms with Crippen molar-refractivity contribution in [2.75, 3.05) is 33.3 Å². The van der Waals surface area contributed by atoms with Crippen molar-refractivity contribution in [3.63, 3.8) is 0 Å². The molecule has 0 unspecified atom stereocenters. The predicted octanol–water partition coefficient (Wildman–Crippen LogP) is -1.26. The Morgan fingerprint density at radius 3 is 1.34 bits per heavy atom. The number of nitrogens with zero attached hydrogens (tertiary/aromatic N) is 1. The van der Waals surface area contributed by atoms with E-state index in [1.54, 1.807) is 0 Å². The summed E-state index contributed by atoms with van der Waals surface area (Å²) in [5.41, 5.74) is 38.6. The number of rotatable bonds is 43. The number of ketones is 4. The maximum absolute atomic E-state index is 14.3. The van der Waals surface area contributed by atoms with Crippen molar-refractivity contribution in [2.45, 2.75) is 167 Å². The van der Waals surface area contributed by atoms with Crippen molar-refractivity contribution in [1.29, 1.82) is 0 Å². The number of likely N-dealkylation sites (N-methyl/N-ethyl adjacent to an activating group) is 1. The topological polar surface area (TPSA) is 434 Å². The standard InChI is InChI=1S/C48H88N12O11/c1-28(2)21-32(47(71)59-35(12-7-9-19-50)40(64)26-33(27-61)44(53)68)25-41(65)37(22-29(3)4)60-45(69)30(11-6-8-18-49)23-39(63)36(13-10-20-57-48(54)55)58-46(70)31(14-16-42(51)66)24-38(62)34(56-5)15-17-43(52)67/h28-37,56,61H,6-27,49-50H2,1-5H3,(H2,51,66)(H2,52,67)(H2,53,68)(H,58,70)(H,59,71)(H,60,69)(H4,54,55,57)/t30-,31-,32-,33+,34+,35+,36+,37+/m1/s1. The third kappa shape index (κ3) is 28.9. The Labute approximate surface area is 419 Å². The molecule has 0 bridgehead atoms. The molecular formula is C48H88N12O11. The molecule has 0 saturated heterocycles. The second kappa shape index (κ2) is 36.5. The lowest BCUT2D eigenvalue weighted by molar-refractivity contribution is -0.136. The van der Waals surface area contributed by atoms with Crippen LogP contribution in [-0.4, -0.2) is 127 Å². The van der Waals surface area contributed by atoms with Gasteiger partial charge < -0.3 is 66.5 Å². The van der Waals surface area contributed by atoms with Crippen LogP contribution in [0.25, 0.3) is 0 Å². The minimum absolute atomic E-state index is 0.0210. The monoisotopic (exact) mass is 1010 g/mol. The van der Waals surface area contributed by atoms with Crippen molar-refractivity contribution in [2.24, 2.45) is 80.6 Å². The fraction of sp³-hybridized carbons (Fsp3) is 0.771. The number of aliphatic imine (C=N–C) groups is 1. The first-order valence-corrected chi connectivity index (χ1v) is 25.0. The number of hydrogen-bond acceptors (Lipinski definition) is 15. The minimum Gasteiger partial charge on any atom is -0.396 e. The van der Waals surface area contributed by atoms with Crippen LogP contribution in [-0.2, 0) is 47.9 Å². The summed E-state index contributed by atoms with van der Waals surface area (Å²) in [4.78, 5) is 137. The lowest BCUT2D eigenvalue weighted by Gasteiger charge is -2.27. The Morgan fingerprint density at radius 1 is 0.479 bits per heavy atom. The molecule has 0 aromatic heterocycles. The quantitative estimate of drug-likeness (QED) is 0.0193. The second-order valence-corrected chi connectivity index (χ2v) is 19.4. The van der Waals surface area contributed by atoms with Crippen LogP contribution < -0.4 is 61.4 Å². The van der Waals surface area contributed by atoms with Gasteiger partial charge in [-0.05, 0) is 103 Å². The number of aliphatic hydroxyl groups excluding tert-OH is 1. The van der Waals surface area contributed by atoms with Crippen LogP contribution in [0.2, 0.25) is 0 Å². The fourth-order valence-corrected chi connectivity index (χ4v) is 8.14. The number of aliphatic hydroxyl groups is 1. The summed E-state index contributed by atoms with van der Waals surface area (Å²) in [5.74, 6) is -10.6. The molecule has 0 aromatic carbocycles. The molecule has 23 nitrogen and oxygen atoms in total. The largest absolute Gasteiger partial charge is 0.396 e. The van der Waals surface area contributed by atoms with E-state index in [-0.39, 0.29) is 108 Å². The molecule has 0 rings (SSSR count).